The molecule has 1 saturated carbocycles. The Morgan fingerprint density at radius 1 is 1.16 bits per heavy atom. The lowest BCUT2D eigenvalue weighted by atomic mass is 9.78. The van der Waals surface area contributed by atoms with E-state index in [9.17, 15) is 0 Å². The maximum absolute atomic E-state index is 3.67. The fourth-order valence-electron chi connectivity index (χ4n) is 4.10. The van der Waals surface area contributed by atoms with E-state index in [0.717, 1.165) is 5.92 Å². The van der Waals surface area contributed by atoms with Crippen LogP contribution in [0, 0.1) is 5.92 Å². The highest BCUT2D eigenvalue weighted by Gasteiger charge is 2.39. The summed E-state index contributed by atoms with van der Waals surface area (Å²) in [6.07, 6.45) is 12.8. The van der Waals surface area contributed by atoms with Gasteiger partial charge in [-0.3, -0.25) is 4.90 Å². The SMILES string of the molecule is CCCCC(CC)CN1CCNCC12CCCCC2. The van der Waals surface area contributed by atoms with Crippen molar-refractivity contribution in [1.29, 1.82) is 0 Å². The lowest BCUT2D eigenvalue weighted by Gasteiger charge is -2.51. The van der Waals surface area contributed by atoms with Crippen LogP contribution in [0.5, 0.6) is 0 Å². The molecule has 0 aromatic carbocycles. The van der Waals surface area contributed by atoms with E-state index in [0.29, 0.717) is 5.54 Å². The Labute approximate surface area is 120 Å². The Morgan fingerprint density at radius 3 is 2.63 bits per heavy atom. The third kappa shape index (κ3) is 3.95. The van der Waals surface area contributed by atoms with Gasteiger partial charge in [-0.1, -0.05) is 52.4 Å². The molecule has 112 valence electrons. The zero-order valence-electron chi connectivity index (χ0n) is 13.2. The zero-order chi connectivity index (χ0) is 13.6. The number of hydrogen-bond acceptors (Lipinski definition) is 2. The first kappa shape index (κ1) is 15.3. The Morgan fingerprint density at radius 2 is 1.95 bits per heavy atom. The quantitative estimate of drug-likeness (QED) is 0.786. The molecule has 0 aromatic rings. The van der Waals surface area contributed by atoms with Crippen LogP contribution in [0.3, 0.4) is 0 Å². The highest BCUT2D eigenvalue weighted by molar-refractivity contribution is 4.98. The maximum atomic E-state index is 3.67. The first-order valence-electron chi connectivity index (χ1n) is 8.76. The van der Waals surface area contributed by atoms with E-state index in [2.05, 4.69) is 24.1 Å². The molecule has 19 heavy (non-hydrogen) atoms. The molecule has 2 nitrogen and oxygen atoms in total. The molecule has 0 radical (unpaired) electrons. The van der Waals surface area contributed by atoms with Gasteiger partial charge in [0.1, 0.15) is 0 Å². The molecular formula is C17H34N2. The van der Waals surface area contributed by atoms with E-state index in [4.69, 9.17) is 0 Å². The van der Waals surface area contributed by atoms with E-state index in [1.807, 2.05) is 0 Å². The van der Waals surface area contributed by atoms with E-state index in [-0.39, 0.29) is 0 Å². The molecule has 1 unspecified atom stereocenters. The molecular weight excluding hydrogens is 232 g/mol. The van der Waals surface area contributed by atoms with Crippen LogP contribution in [0.2, 0.25) is 0 Å². The van der Waals surface area contributed by atoms with Crippen molar-refractivity contribution >= 4 is 0 Å². The maximum Gasteiger partial charge on any atom is 0.0334 e. The van der Waals surface area contributed by atoms with Crippen molar-refractivity contribution in [2.75, 3.05) is 26.2 Å². The van der Waals surface area contributed by atoms with Crippen LogP contribution >= 0.6 is 0 Å². The normalized spacial score (nSPS) is 25.6. The van der Waals surface area contributed by atoms with Gasteiger partial charge in [-0.05, 0) is 25.2 Å². The van der Waals surface area contributed by atoms with E-state index in [1.165, 1.54) is 84.0 Å². The average molecular weight is 266 g/mol. The van der Waals surface area contributed by atoms with Crippen LogP contribution < -0.4 is 5.32 Å². The standard InChI is InChI=1S/C17H34N2/c1-3-5-9-16(4-2)14-19-13-12-18-15-17(19)10-7-6-8-11-17/h16,18H,3-15H2,1-2H3. The summed E-state index contributed by atoms with van der Waals surface area (Å²) in [5, 5.41) is 3.67. The molecule has 2 fully saturated rings. The van der Waals surface area contributed by atoms with Gasteiger partial charge in [0, 0.05) is 31.7 Å². The van der Waals surface area contributed by atoms with Crippen molar-refractivity contribution in [3.05, 3.63) is 0 Å². The summed E-state index contributed by atoms with van der Waals surface area (Å²) in [6, 6.07) is 0. The van der Waals surface area contributed by atoms with Crippen LogP contribution in [0.4, 0.5) is 0 Å². The van der Waals surface area contributed by atoms with Crippen molar-refractivity contribution in [3.8, 4) is 0 Å². The van der Waals surface area contributed by atoms with Crippen molar-refractivity contribution in [2.24, 2.45) is 5.92 Å². The fourth-order valence-corrected chi connectivity index (χ4v) is 4.10. The minimum atomic E-state index is 0.524. The Balaban J connectivity index is 1.94. The summed E-state index contributed by atoms with van der Waals surface area (Å²) in [6.45, 7) is 9.79. The molecule has 2 aliphatic rings. The van der Waals surface area contributed by atoms with Crippen molar-refractivity contribution < 1.29 is 0 Å². The lowest BCUT2D eigenvalue weighted by Crippen LogP contribution is -2.62. The van der Waals surface area contributed by atoms with Crippen LogP contribution in [0.1, 0.15) is 71.6 Å². The number of piperazine rings is 1. The number of nitrogens with zero attached hydrogens (tertiary/aromatic N) is 1. The fraction of sp³-hybridized carbons (Fsp3) is 1.00. The van der Waals surface area contributed by atoms with Crippen LogP contribution in [0.25, 0.3) is 0 Å². The van der Waals surface area contributed by atoms with Crippen LogP contribution in [-0.2, 0) is 0 Å². The molecule has 1 N–H and O–H groups in total. The summed E-state index contributed by atoms with van der Waals surface area (Å²) in [7, 11) is 0. The van der Waals surface area contributed by atoms with Crippen molar-refractivity contribution in [3.63, 3.8) is 0 Å². The molecule has 0 amide bonds. The van der Waals surface area contributed by atoms with E-state index in [1.54, 1.807) is 0 Å². The second-order valence-corrected chi connectivity index (χ2v) is 6.82. The third-order valence-corrected chi connectivity index (χ3v) is 5.49. The van der Waals surface area contributed by atoms with Gasteiger partial charge < -0.3 is 5.32 Å². The largest absolute Gasteiger partial charge is 0.314 e. The van der Waals surface area contributed by atoms with Crippen molar-refractivity contribution in [1.82, 2.24) is 10.2 Å². The molecule has 2 rings (SSSR count). The van der Waals surface area contributed by atoms with Crippen LogP contribution in [0.15, 0.2) is 0 Å². The van der Waals surface area contributed by atoms with Gasteiger partial charge in [0.2, 0.25) is 0 Å². The smallest absolute Gasteiger partial charge is 0.0334 e. The first-order chi connectivity index (χ1) is 9.30. The summed E-state index contributed by atoms with van der Waals surface area (Å²) >= 11 is 0. The number of rotatable bonds is 6. The van der Waals surface area contributed by atoms with Gasteiger partial charge in [0.15, 0.2) is 0 Å². The Bertz CT molecular complexity index is 237. The minimum absolute atomic E-state index is 0.524. The molecule has 1 saturated heterocycles. The van der Waals surface area contributed by atoms with Gasteiger partial charge in [0.25, 0.3) is 0 Å². The zero-order valence-corrected chi connectivity index (χ0v) is 13.2. The molecule has 1 spiro atoms. The van der Waals surface area contributed by atoms with Crippen molar-refractivity contribution in [2.45, 2.75) is 77.2 Å². The molecule has 1 aliphatic carbocycles. The average Bonchev–Trinajstić information content (AvgIpc) is 2.46. The summed E-state index contributed by atoms with van der Waals surface area (Å²) in [5.41, 5.74) is 0.524. The molecule has 0 aromatic heterocycles. The Hall–Kier alpha value is -0.0800. The van der Waals surface area contributed by atoms with E-state index >= 15 is 0 Å². The van der Waals surface area contributed by atoms with Gasteiger partial charge >= 0.3 is 0 Å². The topological polar surface area (TPSA) is 15.3 Å². The second-order valence-electron chi connectivity index (χ2n) is 6.82. The number of nitrogens with one attached hydrogen (secondary N) is 1. The van der Waals surface area contributed by atoms with Crippen LogP contribution in [-0.4, -0.2) is 36.6 Å². The molecule has 0 bridgehead atoms. The predicted molar refractivity (Wildman–Crippen MR) is 83.6 cm³/mol. The monoisotopic (exact) mass is 266 g/mol. The Kier molecular flexibility index (Phi) is 6.15. The first-order valence-corrected chi connectivity index (χ1v) is 8.76. The second kappa shape index (κ2) is 7.64. The number of hydrogen-bond donors (Lipinski definition) is 1. The molecule has 2 heteroatoms. The van der Waals surface area contributed by atoms with Gasteiger partial charge in [0.05, 0.1) is 0 Å². The third-order valence-electron chi connectivity index (χ3n) is 5.49. The number of unbranched alkanes of at least 4 members (excludes halogenated alkanes) is 1. The molecule has 1 atom stereocenters. The summed E-state index contributed by atoms with van der Waals surface area (Å²) < 4.78 is 0. The highest BCUT2D eigenvalue weighted by Crippen LogP contribution is 2.35. The lowest BCUT2D eigenvalue weighted by molar-refractivity contribution is 0.0137. The highest BCUT2D eigenvalue weighted by atomic mass is 15.3. The van der Waals surface area contributed by atoms with Gasteiger partial charge in [-0.25, -0.2) is 0 Å². The van der Waals surface area contributed by atoms with E-state index < -0.39 is 0 Å². The summed E-state index contributed by atoms with van der Waals surface area (Å²) in [5.74, 6) is 0.928. The van der Waals surface area contributed by atoms with Gasteiger partial charge in [-0.2, -0.15) is 0 Å². The summed E-state index contributed by atoms with van der Waals surface area (Å²) in [4.78, 5) is 2.88. The predicted octanol–water partition coefficient (Wildman–Crippen LogP) is 3.81. The molecule has 1 heterocycles. The molecule has 1 aliphatic heterocycles. The van der Waals surface area contributed by atoms with Gasteiger partial charge in [-0.15, -0.1) is 0 Å². The minimum Gasteiger partial charge on any atom is -0.314 e.